The minimum atomic E-state index is 0.329. The molecule has 0 spiro atoms. The average Bonchev–Trinajstić information content (AvgIpc) is 1.87. The van der Waals surface area contributed by atoms with Crippen LogP contribution in [0.3, 0.4) is 0 Å². The molecule has 1 atom stereocenters. The molecule has 0 N–H and O–H groups in total. The Morgan fingerprint density at radius 1 is 1.50 bits per heavy atom. The predicted molar refractivity (Wildman–Crippen MR) is 48.1 cm³/mol. The van der Waals surface area contributed by atoms with Crippen LogP contribution in [0.5, 0.6) is 0 Å². The molecule has 0 heteroatoms. The Bertz CT molecular complexity index is 101. The minimum absolute atomic E-state index is 0.329. The van der Waals surface area contributed by atoms with Gasteiger partial charge in [-0.1, -0.05) is 40.2 Å². The molecule has 0 aliphatic rings. The lowest BCUT2D eigenvalue weighted by molar-refractivity contribution is 0.343. The van der Waals surface area contributed by atoms with Gasteiger partial charge in [-0.25, -0.2) is 0 Å². The van der Waals surface area contributed by atoms with E-state index in [9.17, 15) is 0 Å². The zero-order valence-electron chi connectivity index (χ0n) is 7.78. The quantitative estimate of drug-likeness (QED) is 0.523. The van der Waals surface area contributed by atoms with Gasteiger partial charge >= 0.3 is 0 Å². The van der Waals surface area contributed by atoms with Gasteiger partial charge in [0.15, 0.2) is 0 Å². The fraction of sp³-hybridized carbons (Fsp3) is 0.800. The van der Waals surface area contributed by atoms with Crippen molar-refractivity contribution in [1.29, 1.82) is 0 Å². The monoisotopic (exact) mass is 140 g/mol. The lowest BCUT2D eigenvalue weighted by atomic mass is 9.83. The van der Waals surface area contributed by atoms with Gasteiger partial charge in [-0.2, -0.15) is 0 Å². The summed E-state index contributed by atoms with van der Waals surface area (Å²) in [6.07, 6.45) is 4.59. The van der Waals surface area contributed by atoms with Gasteiger partial charge in [0.05, 0.1) is 0 Å². The Hall–Kier alpha value is -0.260. The fourth-order valence-corrected chi connectivity index (χ4v) is 1.13. The van der Waals surface area contributed by atoms with Crippen LogP contribution >= 0.6 is 0 Å². The maximum absolute atomic E-state index is 3.82. The van der Waals surface area contributed by atoms with Crippen LogP contribution in [0.25, 0.3) is 0 Å². The molecule has 10 heavy (non-hydrogen) atoms. The van der Waals surface area contributed by atoms with E-state index in [0.717, 1.165) is 5.92 Å². The highest BCUT2D eigenvalue weighted by Crippen LogP contribution is 2.27. The number of allylic oxidation sites excluding steroid dienone is 1. The molecule has 1 unspecified atom stereocenters. The molecule has 0 aromatic rings. The van der Waals surface area contributed by atoms with E-state index in [1.165, 1.54) is 12.8 Å². The molecule has 0 saturated carbocycles. The molecular weight excluding hydrogens is 120 g/mol. The van der Waals surface area contributed by atoms with Crippen molar-refractivity contribution in [3.8, 4) is 0 Å². The number of rotatable bonds is 4. The van der Waals surface area contributed by atoms with E-state index in [4.69, 9.17) is 0 Å². The highest BCUT2D eigenvalue weighted by molar-refractivity contribution is 4.88. The first-order valence-corrected chi connectivity index (χ1v) is 4.15. The van der Waals surface area contributed by atoms with E-state index in [1.807, 2.05) is 0 Å². The van der Waals surface area contributed by atoms with E-state index in [0.29, 0.717) is 5.41 Å². The van der Waals surface area contributed by atoms with E-state index in [-0.39, 0.29) is 0 Å². The molecule has 60 valence electrons. The van der Waals surface area contributed by atoms with Crippen molar-refractivity contribution in [2.75, 3.05) is 0 Å². The van der Waals surface area contributed by atoms with Crippen molar-refractivity contribution >= 4 is 0 Å². The molecule has 0 saturated heterocycles. The van der Waals surface area contributed by atoms with E-state index >= 15 is 0 Å². The standard InChI is InChI=1S/C10H20/c1-6-9(3)8-10(4,5)7-2/h7,9H,2,6,8H2,1,3-5H3. The SMILES string of the molecule is C=CC(C)(C)CC(C)CC. The van der Waals surface area contributed by atoms with E-state index < -0.39 is 0 Å². The summed E-state index contributed by atoms with van der Waals surface area (Å²) < 4.78 is 0. The molecule has 0 radical (unpaired) electrons. The Labute approximate surface area is 65.3 Å². The van der Waals surface area contributed by atoms with Gasteiger partial charge in [0.1, 0.15) is 0 Å². The van der Waals surface area contributed by atoms with Gasteiger partial charge in [-0.3, -0.25) is 0 Å². The van der Waals surface area contributed by atoms with Crippen molar-refractivity contribution in [3.63, 3.8) is 0 Å². The van der Waals surface area contributed by atoms with E-state index in [1.54, 1.807) is 0 Å². The predicted octanol–water partition coefficient (Wildman–Crippen LogP) is 3.63. The first-order valence-electron chi connectivity index (χ1n) is 4.15. The van der Waals surface area contributed by atoms with Crippen LogP contribution in [0.4, 0.5) is 0 Å². The first kappa shape index (κ1) is 9.74. The molecule has 0 aliphatic carbocycles. The van der Waals surface area contributed by atoms with Crippen molar-refractivity contribution in [2.24, 2.45) is 11.3 Å². The molecule has 0 rings (SSSR count). The zero-order valence-corrected chi connectivity index (χ0v) is 7.78. The van der Waals surface area contributed by atoms with Crippen LogP contribution in [0.2, 0.25) is 0 Å². The Kier molecular flexibility index (Phi) is 3.70. The van der Waals surface area contributed by atoms with Gasteiger partial charge in [0, 0.05) is 0 Å². The largest absolute Gasteiger partial charge is 0.103 e. The summed E-state index contributed by atoms with van der Waals surface area (Å²) in [6, 6.07) is 0. The molecule has 0 fully saturated rings. The molecular formula is C10H20. The van der Waals surface area contributed by atoms with E-state index in [2.05, 4.69) is 40.3 Å². The van der Waals surface area contributed by atoms with Crippen LogP contribution in [-0.4, -0.2) is 0 Å². The third-order valence-corrected chi connectivity index (χ3v) is 2.12. The van der Waals surface area contributed by atoms with Gasteiger partial charge < -0.3 is 0 Å². The minimum Gasteiger partial charge on any atom is -0.103 e. The third-order valence-electron chi connectivity index (χ3n) is 2.12. The summed E-state index contributed by atoms with van der Waals surface area (Å²) >= 11 is 0. The van der Waals surface area contributed by atoms with Gasteiger partial charge in [0.2, 0.25) is 0 Å². The highest BCUT2D eigenvalue weighted by atomic mass is 14.2. The molecule has 0 heterocycles. The normalized spacial score (nSPS) is 14.8. The second-order valence-electron chi connectivity index (χ2n) is 3.91. The first-order chi connectivity index (χ1) is 4.52. The maximum Gasteiger partial charge on any atom is -0.0175 e. The number of hydrogen-bond acceptors (Lipinski definition) is 0. The molecule has 0 aliphatic heterocycles. The second kappa shape index (κ2) is 3.80. The lowest BCUT2D eigenvalue weighted by Crippen LogP contribution is -2.11. The Balaban J connectivity index is 3.75. The lowest BCUT2D eigenvalue weighted by Gasteiger charge is -2.23. The summed E-state index contributed by atoms with van der Waals surface area (Å²) in [7, 11) is 0. The molecule has 0 aromatic carbocycles. The summed E-state index contributed by atoms with van der Waals surface area (Å²) in [6.45, 7) is 12.8. The summed E-state index contributed by atoms with van der Waals surface area (Å²) in [5, 5.41) is 0. The van der Waals surface area contributed by atoms with Crippen LogP contribution in [0.1, 0.15) is 40.5 Å². The second-order valence-corrected chi connectivity index (χ2v) is 3.91. The van der Waals surface area contributed by atoms with Gasteiger partial charge in [-0.05, 0) is 17.8 Å². The van der Waals surface area contributed by atoms with Crippen LogP contribution in [0.15, 0.2) is 12.7 Å². The van der Waals surface area contributed by atoms with Crippen LogP contribution in [0, 0.1) is 11.3 Å². The Morgan fingerprint density at radius 3 is 2.30 bits per heavy atom. The van der Waals surface area contributed by atoms with Crippen molar-refractivity contribution in [2.45, 2.75) is 40.5 Å². The molecule has 0 nitrogen and oxygen atoms in total. The topological polar surface area (TPSA) is 0 Å². The smallest absolute Gasteiger partial charge is 0.0175 e. The maximum atomic E-state index is 3.82. The van der Waals surface area contributed by atoms with Crippen molar-refractivity contribution in [1.82, 2.24) is 0 Å². The Morgan fingerprint density at radius 2 is 2.00 bits per heavy atom. The average molecular weight is 140 g/mol. The van der Waals surface area contributed by atoms with Crippen LogP contribution in [-0.2, 0) is 0 Å². The van der Waals surface area contributed by atoms with Crippen molar-refractivity contribution < 1.29 is 0 Å². The van der Waals surface area contributed by atoms with Crippen molar-refractivity contribution in [3.05, 3.63) is 12.7 Å². The molecule has 0 bridgehead atoms. The third kappa shape index (κ3) is 3.71. The summed E-state index contributed by atoms with van der Waals surface area (Å²) in [4.78, 5) is 0. The zero-order chi connectivity index (χ0) is 8.20. The van der Waals surface area contributed by atoms with Gasteiger partial charge in [-0.15, -0.1) is 6.58 Å². The molecule has 0 aromatic heterocycles. The number of hydrogen-bond donors (Lipinski definition) is 0. The summed E-state index contributed by atoms with van der Waals surface area (Å²) in [5.41, 5.74) is 0.329. The molecule has 0 amide bonds. The summed E-state index contributed by atoms with van der Waals surface area (Å²) in [5.74, 6) is 0.827. The fourth-order valence-electron chi connectivity index (χ4n) is 1.13. The van der Waals surface area contributed by atoms with Crippen LogP contribution < -0.4 is 0 Å². The highest BCUT2D eigenvalue weighted by Gasteiger charge is 2.15. The van der Waals surface area contributed by atoms with Gasteiger partial charge in [0.25, 0.3) is 0 Å².